The van der Waals surface area contributed by atoms with Crippen molar-refractivity contribution in [3.05, 3.63) is 23.9 Å². The zero-order valence-corrected chi connectivity index (χ0v) is 15.8. The molecule has 1 aromatic heterocycles. The first-order valence-corrected chi connectivity index (χ1v) is 14.3. The first-order chi connectivity index (χ1) is 9.16. The van der Waals surface area contributed by atoms with E-state index >= 15 is 0 Å². The smallest absolute Gasteiger partial charge is 0.244 e. The van der Waals surface area contributed by atoms with Crippen molar-refractivity contribution >= 4 is 16.6 Å². The molecular formula is C15H29NO2Si2. The highest BCUT2D eigenvalue weighted by Gasteiger charge is 2.17. The van der Waals surface area contributed by atoms with Gasteiger partial charge in [0.1, 0.15) is 0 Å². The highest BCUT2D eigenvalue weighted by molar-refractivity contribution is 6.70. The minimum atomic E-state index is -1.56. The summed E-state index contributed by atoms with van der Waals surface area (Å²) < 4.78 is 11.8. The summed E-state index contributed by atoms with van der Waals surface area (Å²) >= 11 is 0. The van der Waals surface area contributed by atoms with E-state index in [2.05, 4.69) is 56.4 Å². The van der Waals surface area contributed by atoms with Crippen LogP contribution in [0.4, 0.5) is 0 Å². The van der Waals surface area contributed by atoms with Crippen molar-refractivity contribution in [1.29, 1.82) is 0 Å². The summed E-state index contributed by atoms with van der Waals surface area (Å²) in [6.07, 6.45) is 5.20. The molecule has 0 fully saturated rings. The van der Waals surface area contributed by atoms with Gasteiger partial charge in [0.15, 0.2) is 14.2 Å². The van der Waals surface area contributed by atoms with Gasteiger partial charge in [0, 0.05) is 18.9 Å². The molecule has 0 atom stereocenters. The predicted molar refractivity (Wildman–Crippen MR) is 90.4 cm³/mol. The van der Waals surface area contributed by atoms with Crippen LogP contribution in [0.3, 0.4) is 0 Å². The van der Waals surface area contributed by atoms with E-state index in [0.717, 1.165) is 31.7 Å². The maximum absolute atomic E-state index is 5.92. The van der Waals surface area contributed by atoms with Crippen molar-refractivity contribution in [2.45, 2.75) is 58.5 Å². The second kappa shape index (κ2) is 7.38. The number of unbranched alkanes of at least 4 members (excludes halogenated alkanes) is 1. The lowest BCUT2D eigenvalue weighted by atomic mass is 10.1. The Bertz CT molecular complexity index is 411. The van der Waals surface area contributed by atoms with E-state index in [1.54, 1.807) is 0 Å². The molecule has 0 saturated carbocycles. The molecule has 0 aliphatic rings. The van der Waals surface area contributed by atoms with Crippen LogP contribution in [0.15, 0.2) is 18.3 Å². The van der Waals surface area contributed by atoms with E-state index in [9.17, 15) is 0 Å². The van der Waals surface area contributed by atoms with E-state index in [-0.39, 0.29) is 0 Å². The first kappa shape index (κ1) is 17.4. The van der Waals surface area contributed by atoms with E-state index in [1.807, 2.05) is 6.20 Å². The monoisotopic (exact) mass is 311 g/mol. The molecule has 0 unspecified atom stereocenters. The molecule has 0 aromatic carbocycles. The van der Waals surface area contributed by atoms with Crippen molar-refractivity contribution in [1.82, 2.24) is 4.98 Å². The van der Waals surface area contributed by atoms with Crippen LogP contribution < -0.4 is 4.43 Å². The molecule has 0 spiro atoms. The van der Waals surface area contributed by atoms with E-state index in [0.29, 0.717) is 0 Å². The van der Waals surface area contributed by atoms with Crippen LogP contribution in [0, 0.1) is 0 Å². The van der Waals surface area contributed by atoms with Gasteiger partial charge in [-0.25, -0.2) is 4.98 Å². The fraction of sp³-hybridized carbons (Fsp3) is 0.667. The zero-order valence-electron chi connectivity index (χ0n) is 13.8. The molecule has 1 aromatic rings. The number of hydrogen-bond donors (Lipinski definition) is 0. The summed E-state index contributed by atoms with van der Waals surface area (Å²) in [4.78, 5) is 4.29. The number of hydrogen-bond acceptors (Lipinski definition) is 3. The predicted octanol–water partition coefficient (Wildman–Crippen LogP) is 4.47. The first-order valence-electron chi connectivity index (χ1n) is 7.44. The third-order valence-electron chi connectivity index (χ3n) is 2.60. The maximum atomic E-state index is 5.92. The second-order valence-corrected chi connectivity index (χ2v) is 16.1. The summed E-state index contributed by atoms with van der Waals surface area (Å²) in [5, 5.41) is 0. The molecule has 1 heterocycles. The van der Waals surface area contributed by atoms with Crippen molar-refractivity contribution in [3.8, 4) is 5.88 Å². The van der Waals surface area contributed by atoms with Crippen LogP contribution in [0.1, 0.15) is 18.4 Å². The molecule has 1 rings (SSSR count). The maximum Gasteiger partial charge on any atom is 0.244 e. The van der Waals surface area contributed by atoms with E-state index in [1.165, 1.54) is 5.56 Å². The van der Waals surface area contributed by atoms with Crippen molar-refractivity contribution in [3.63, 3.8) is 0 Å². The Hall–Kier alpha value is -0.656. The third-order valence-corrected chi connectivity index (χ3v) is 4.50. The number of pyridine rings is 1. The van der Waals surface area contributed by atoms with Gasteiger partial charge in [0.2, 0.25) is 8.32 Å². The van der Waals surface area contributed by atoms with Gasteiger partial charge >= 0.3 is 0 Å². The summed E-state index contributed by atoms with van der Waals surface area (Å²) in [7, 11) is -2.91. The molecule has 3 nitrogen and oxygen atoms in total. The van der Waals surface area contributed by atoms with Crippen molar-refractivity contribution in [2.75, 3.05) is 6.61 Å². The molecule has 20 heavy (non-hydrogen) atoms. The molecule has 114 valence electrons. The van der Waals surface area contributed by atoms with Crippen LogP contribution in [-0.2, 0) is 10.8 Å². The summed E-state index contributed by atoms with van der Waals surface area (Å²) in [6.45, 7) is 14.1. The lowest BCUT2D eigenvalue weighted by molar-refractivity contribution is 0.301. The number of aryl methyl sites for hydroxylation is 1. The van der Waals surface area contributed by atoms with Crippen LogP contribution in [0.25, 0.3) is 0 Å². The van der Waals surface area contributed by atoms with Crippen molar-refractivity contribution in [2.24, 2.45) is 0 Å². The van der Waals surface area contributed by atoms with E-state index in [4.69, 9.17) is 8.85 Å². The van der Waals surface area contributed by atoms with Crippen LogP contribution in [0.2, 0.25) is 39.3 Å². The number of nitrogens with zero attached hydrogens (tertiary/aromatic N) is 1. The van der Waals surface area contributed by atoms with Gasteiger partial charge in [0.25, 0.3) is 0 Å². The Labute approximate surface area is 126 Å². The molecule has 0 radical (unpaired) electrons. The Balaban J connectivity index is 2.36. The topological polar surface area (TPSA) is 31.4 Å². The van der Waals surface area contributed by atoms with Gasteiger partial charge in [-0.05, 0) is 70.2 Å². The standard InChI is InChI=1S/C15H29NO2Si2/c1-19(2,3)17-12-8-7-9-14-10-11-16-15(13-14)18-20(4,5)6/h10-11,13H,7-9,12H2,1-6H3. The summed E-state index contributed by atoms with van der Waals surface area (Å²) in [5.41, 5.74) is 1.31. The summed E-state index contributed by atoms with van der Waals surface area (Å²) in [6, 6.07) is 4.16. The molecule has 0 aliphatic carbocycles. The SMILES string of the molecule is C[Si](C)(C)OCCCCc1ccnc(O[Si](C)(C)C)c1. The highest BCUT2D eigenvalue weighted by Crippen LogP contribution is 2.16. The minimum Gasteiger partial charge on any atom is -0.531 e. The van der Waals surface area contributed by atoms with Crippen LogP contribution >= 0.6 is 0 Å². The fourth-order valence-electron chi connectivity index (χ4n) is 1.79. The summed E-state index contributed by atoms with van der Waals surface area (Å²) in [5.74, 6) is 0.778. The molecule has 0 saturated heterocycles. The minimum absolute atomic E-state index is 0.778. The second-order valence-electron chi connectivity index (χ2n) is 7.13. The van der Waals surface area contributed by atoms with Gasteiger partial charge in [0.05, 0.1) is 0 Å². The number of rotatable bonds is 8. The average molecular weight is 312 g/mol. The van der Waals surface area contributed by atoms with Crippen LogP contribution in [0.5, 0.6) is 5.88 Å². The van der Waals surface area contributed by atoms with Crippen LogP contribution in [-0.4, -0.2) is 28.2 Å². The quantitative estimate of drug-likeness (QED) is 0.524. The third kappa shape index (κ3) is 8.50. The Morgan fingerprint density at radius 1 is 1.00 bits per heavy atom. The zero-order chi connectivity index (χ0) is 15.2. The molecule has 0 amide bonds. The van der Waals surface area contributed by atoms with Gasteiger partial charge in [-0.1, -0.05) is 0 Å². The van der Waals surface area contributed by atoms with Gasteiger partial charge < -0.3 is 8.85 Å². The highest BCUT2D eigenvalue weighted by atomic mass is 28.4. The lowest BCUT2D eigenvalue weighted by Gasteiger charge is -2.18. The molecule has 0 aliphatic heterocycles. The molecule has 0 N–H and O–H groups in total. The van der Waals surface area contributed by atoms with Gasteiger partial charge in [-0.15, -0.1) is 0 Å². The lowest BCUT2D eigenvalue weighted by Crippen LogP contribution is -2.29. The number of aromatic nitrogens is 1. The van der Waals surface area contributed by atoms with E-state index < -0.39 is 16.6 Å². The Morgan fingerprint density at radius 2 is 1.70 bits per heavy atom. The van der Waals surface area contributed by atoms with Gasteiger partial charge in [-0.2, -0.15) is 0 Å². The average Bonchev–Trinajstić information content (AvgIpc) is 2.25. The van der Waals surface area contributed by atoms with Gasteiger partial charge in [-0.3, -0.25) is 0 Å². The normalized spacial score (nSPS) is 12.5. The molecule has 5 heteroatoms. The Kier molecular flexibility index (Phi) is 6.42. The fourth-order valence-corrected chi connectivity index (χ4v) is 3.28. The molecular weight excluding hydrogens is 282 g/mol. The Morgan fingerprint density at radius 3 is 2.30 bits per heavy atom. The molecule has 0 bridgehead atoms. The largest absolute Gasteiger partial charge is 0.531 e. The van der Waals surface area contributed by atoms with Crippen molar-refractivity contribution < 1.29 is 8.85 Å².